The number of halogens is 3. The van der Waals surface area contributed by atoms with Crippen molar-refractivity contribution in [1.82, 2.24) is 15.0 Å². The number of hydrogen-bond acceptors (Lipinski definition) is 4. The van der Waals surface area contributed by atoms with Crippen molar-refractivity contribution in [3.63, 3.8) is 0 Å². The van der Waals surface area contributed by atoms with Crippen molar-refractivity contribution in [3.8, 4) is 0 Å². The van der Waals surface area contributed by atoms with Crippen LogP contribution in [0.25, 0.3) is 0 Å². The highest BCUT2D eigenvalue weighted by molar-refractivity contribution is 6.43. The first-order valence-corrected chi connectivity index (χ1v) is 11.1. The molecule has 176 valence electrons. The number of rotatable bonds is 5. The van der Waals surface area contributed by atoms with Gasteiger partial charge in [-0.05, 0) is 40.5 Å². The molecule has 4 rings (SSSR count). The lowest BCUT2D eigenvalue weighted by atomic mass is 9.55. The van der Waals surface area contributed by atoms with Crippen molar-refractivity contribution in [2.24, 2.45) is 0 Å². The van der Waals surface area contributed by atoms with E-state index in [1.54, 1.807) is 0 Å². The third-order valence-electron chi connectivity index (χ3n) is 6.50. The number of carbonyl (C=O) groups is 4. The molecular formula is C22H13B5ClF2N3O4. The van der Waals surface area contributed by atoms with E-state index in [2.05, 4.69) is 5.32 Å². The van der Waals surface area contributed by atoms with Crippen LogP contribution < -0.4 is 5.32 Å². The third-order valence-corrected chi connectivity index (χ3v) is 6.75. The van der Waals surface area contributed by atoms with Gasteiger partial charge < -0.3 is 9.71 Å². The first kappa shape index (κ1) is 27.0. The summed E-state index contributed by atoms with van der Waals surface area (Å²) in [5.41, 5.74) is -2.46. The minimum Gasteiger partial charge on any atom is -0.398 e. The summed E-state index contributed by atoms with van der Waals surface area (Å²) in [5, 5.41) is -0.195. The van der Waals surface area contributed by atoms with Gasteiger partial charge in [0, 0.05) is 29.1 Å². The lowest BCUT2D eigenvalue weighted by molar-refractivity contribution is -0.155. The van der Waals surface area contributed by atoms with Crippen molar-refractivity contribution < 1.29 is 28.0 Å². The first-order valence-electron chi connectivity index (χ1n) is 10.8. The van der Waals surface area contributed by atoms with Gasteiger partial charge in [-0.1, -0.05) is 35.9 Å². The number of benzene rings is 2. The molecule has 1 unspecified atom stereocenters. The molecule has 2 aromatic rings. The van der Waals surface area contributed by atoms with Crippen LogP contribution in [0.15, 0.2) is 42.5 Å². The Balaban J connectivity index is 1.62. The van der Waals surface area contributed by atoms with Crippen molar-refractivity contribution >= 4 is 74.6 Å². The largest absolute Gasteiger partial charge is 0.398 e. The predicted octanol–water partition coefficient (Wildman–Crippen LogP) is 0.316. The van der Waals surface area contributed by atoms with Crippen LogP contribution in [0, 0.1) is 0 Å². The summed E-state index contributed by atoms with van der Waals surface area (Å²) in [5.74, 6) is -9.44. The van der Waals surface area contributed by atoms with Gasteiger partial charge in [0.15, 0.2) is 0 Å². The molecule has 0 saturated carbocycles. The van der Waals surface area contributed by atoms with Crippen molar-refractivity contribution in [2.45, 2.75) is 35.5 Å². The van der Waals surface area contributed by atoms with Crippen LogP contribution in [0.2, 0.25) is 10.8 Å². The van der Waals surface area contributed by atoms with E-state index in [0.29, 0.717) is 0 Å². The molecule has 0 spiro atoms. The second kappa shape index (κ2) is 9.08. The molecule has 2 heterocycles. The van der Waals surface area contributed by atoms with Gasteiger partial charge in [0.25, 0.3) is 11.8 Å². The van der Waals surface area contributed by atoms with E-state index >= 15 is 0 Å². The van der Waals surface area contributed by atoms with E-state index in [1.165, 1.54) is 30.3 Å². The Hall–Kier alpha value is -3.01. The summed E-state index contributed by atoms with van der Waals surface area (Å²) < 4.78 is 29.8. The van der Waals surface area contributed by atoms with E-state index in [-0.39, 0.29) is 39.5 Å². The van der Waals surface area contributed by atoms with Gasteiger partial charge in [0.1, 0.15) is 7.85 Å². The summed E-state index contributed by atoms with van der Waals surface area (Å²) in [7, 11) is 29.9. The Bertz CT molecular complexity index is 1330. The van der Waals surface area contributed by atoms with E-state index < -0.39 is 51.7 Å². The molecule has 7 nitrogen and oxygen atoms in total. The van der Waals surface area contributed by atoms with Gasteiger partial charge in [0.05, 0.1) is 29.0 Å². The second-order valence-electron chi connectivity index (χ2n) is 8.86. The highest BCUT2D eigenvalue weighted by Gasteiger charge is 2.52. The fourth-order valence-electron chi connectivity index (χ4n) is 4.23. The molecule has 0 aliphatic carbocycles. The topological polar surface area (TPSA) is 86.8 Å². The van der Waals surface area contributed by atoms with Gasteiger partial charge in [-0.2, -0.15) is 8.78 Å². The molecule has 10 radical (unpaired) electrons. The first-order chi connectivity index (χ1) is 17.1. The number of carbonyl (C=O) groups excluding carboxylic acids is 4. The van der Waals surface area contributed by atoms with Gasteiger partial charge in [-0.3, -0.25) is 24.5 Å². The zero-order chi connectivity index (χ0) is 27.5. The lowest BCUT2D eigenvalue weighted by Gasteiger charge is -2.45. The zero-order valence-electron chi connectivity index (χ0n) is 19.1. The van der Waals surface area contributed by atoms with Gasteiger partial charge in [0.2, 0.25) is 19.8 Å². The smallest absolute Gasteiger partial charge is 0.348 e. The fraction of sp³-hybridized carbons (Fsp3) is 0.273. The molecule has 15 heteroatoms. The van der Waals surface area contributed by atoms with E-state index in [1.807, 2.05) is 0 Å². The summed E-state index contributed by atoms with van der Waals surface area (Å²) in [4.78, 5) is 50.9. The second-order valence-corrected chi connectivity index (χ2v) is 9.29. The zero-order valence-corrected chi connectivity index (χ0v) is 19.8. The highest BCUT2D eigenvalue weighted by Crippen LogP contribution is 2.39. The lowest BCUT2D eigenvalue weighted by Crippen LogP contribution is -2.66. The Labute approximate surface area is 222 Å². The van der Waals surface area contributed by atoms with Crippen LogP contribution in [0.4, 0.5) is 8.78 Å². The average molecular weight is 511 g/mol. The van der Waals surface area contributed by atoms with Crippen LogP contribution in [0.3, 0.4) is 0 Å². The number of fused-ring (bicyclic) bond motifs is 1. The van der Waals surface area contributed by atoms with Crippen molar-refractivity contribution in [1.29, 1.82) is 0 Å². The Kier molecular flexibility index (Phi) is 6.63. The summed E-state index contributed by atoms with van der Waals surface area (Å²) in [6, 6.07) is 8.06. The van der Waals surface area contributed by atoms with Crippen LogP contribution >= 0.6 is 11.6 Å². The monoisotopic (exact) mass is 511 g/mol. The van der Waals surface area contributed by atoms with Crippen LogP contribution in [-0.4, -0.2) is 78.1 Å². The highest BCUT2D eigenvalue weighted by atomic mass is 35.5. The van der Waals surface area contributed by atoms with Crippen LogP contribution in [0.5, 0.6) is 0 Å². The number of piperidine rings is 1. The van der Waals surface area contributed by atoms with E-state index in [0.717, 1.165) is 17.0 Å². The number of alkyl halides is 2. The third kappa shape index (κ3) is 4.29. The molecule has 2 aliphatic heterocycles. The number of hydrogen-bond donors (Lipinski definition) is 1. The summed E-state index contributed by atoms with van der Waals surface area (Å²) >= 11 is 5.72. The SMILES string of the molecule is [B]C1CC(=O)NC(=O)[C@@]1([B])N1Cc2cc(C([B])([B])N([B])C(=O)C(F)(F)c3ccc(Cl)cc3)ccc2C1=O. The van der Waals surface area contributed by atoms with Crippen LogP contribution in [0.1, 0.15) is 33.5 Å². The molecule has 0 aromatic heterocycles. The molecule has 2 aliphatic rings. The standard InChI is InChI=1S/C22H13B5ClF2N3O4/c23-15-8-16(34)31-18(36)20(15,24)32-9-10-7-12(3-6-14(10)17(32)35)22(25,26)33(27)19(37)21(29,30)11-1-4-13(28)5-2-11/h1-7,15H,8-9H2,(H,31,34,36)/t15?,20-/m0/s1. The van der Waals surface area contributed by atoms with E-state index in [9.17, 15) is 28.0 Å². The predicted molar refractivity (Wildman–Crippen MR) is 133 cm³/mol. The van der Waals surface area contributed by atoms with Gasteiger partial charge >= 0.3 is 5.92 Å². The number of nitrogens with zero attached hydrogens (tertiary/aromatic N) is 2. The molecule has 1 N–H and O–H groups in total. The Morgan fingerprint density at radius 3 is 2.30 bits per heavy atom. The number of amides is 4. The maximum absolute atomic E-state index is 14.9. The van der Waals surface area contributed by atoms with Crippen molar-refractivity contribution in [3.05, 3.63) is 69.7 Å². The molecule has 37 heavy (non-hydrogen) atoms. The summed E-state index contributed by atoms with van der Waals surface area (Å²) in [6.45, 7) is -0.247. The van der Waals surface area contributed by atoms with Gasteiger partial charge in [-0.15, -0.1) is 0 Å². The Morgan fingerprint density at radius 1 is 1.11 bits per heavy atom. The normalized spacial score (nSPS) is 22.0. The molecular weight excluding hydrogens is 498 g/mol. The van der Waals surface area contributed by atoms with Gasteiger partial charge in [-0.25, -0.2) is 0 Å². The Morgan fingerprint density at radius 2 is 1.70 bits per heavy atom. The number of imide groups is 1. The molecule has 1 saturated heterocycles. The summed E-state index contributed by atoms with van der Waals surface area (Å²) in [6.07, 6.45) is -0.297. The molecule has 0 bridgehead atoms. The minimum atomic E-state index is -4.10. The fourth-order valence-corrected chi connectivity index (χ4v) is 4.36. The molecule has 1 fully saturated rings. The maximum atomic E-state index is 14.9. The minimum absolute atomic E-state index is 0.00158. The maximum Gasteiger partial charge on any atom is 0.348 e. The quantitative estimate of drug-likeness (QED) is 0.464. The van der Waals surface area contributed by atoms with Crippen LogP contribution in [-0.2, 0) is 32.2 Å². The molecule has 2 atom stereocenters. The van der Waals surface area contributed by atoms with Crippen molar-refractivity contribution in [2.75, 3.05) is 0 Å². The molecule has 4 amide bonds. The number of nitrogens with one attached hydrogen (secondary N) is 1. The average Bonchev–Trinajstić information content (AvgIpc) is 3.17. The molecule has 2 aromatic carbocycles. The van der Waals surface area contributed by atoms with E-state index in [4.69, 9.17) is 51.0 Å².